The van der Waals surface area contributed by atoms with Crippen LogP contribution in [0.5, 0.6) is 5.88 Å². The topological polar surface area (TPSA) is 88.5 Å². The van der Waals surface area contributed by atoms with Crippen LogP contribution in [0.15, 0.2) is 12.4 Å². The largest absolute Gasteiger partial charge is 0.474 e. The smallest absolute Gasteiger partial charge is 0.237 e. The van der Waals surface area contributed by atoms with Crippen LogP contribution in [0.4, 0.5) is 0 Å². The number of nitrogens with one attached hydrogen (secondary N) is 2. The number of aliphatic hydroxyl groups excluding tert-OH is 1. The Morgan fingerprint density at radius 2 is 2.23 bits per heavy atom. The van der Waals surface area contributed by atoms with Crippen LogP contribution in [-0.4, -0.2) is 59.6 Å². The average Bonchev–Trinajstić information content (AvgIpc) is 2.51. The monoisotopic (exact) mass is 310 g/mol. The number of aliphatic hydroxyl groups is 1. The predicted molar refractivity (Wildman–Crippen MR) is 82.9 cm³/mol. The molecule has 0 aliphatic carbocycles. The Balaban J connectivity index is 1.89. The molecule has 0 aromatic carbocycles. The van der Waals surface area contributed by atoms with Crippen molar-refractivity contribution in [3.05, 3.63) is 18.1 Å². The third-order valence-electron chi connectivity index (χ3n) is 3.22. The molecule has 7 nitrogen and oxygen atoms in total. The molecule has 2 atom stereocenters. The Morgan fingerprint density at radius 1 is 1.45 bits per heavy atom. The summed E-state index contributed by atoms with van der Waals surface area (Å²) in [5.74, 6) is 0.445. The number of ether oxygens (including phenoxy) is 2. The van der Waals surface area contributed by atoms with Gasteiger partial charge in [0.05, 0.1) is 19.3 Å². The van der Waals surface area contributed by atoms with Gasteiger partial charge in [0.1, 0.15) is 18.4 Å². The number of β-amino-alcohol motifs (C(OH)–C–C–N with tert-alkyl or cyclic N) is 1. The molecule has 1 aliphatic heterocycles. The van der Waals surface area contributed by atoms with Crippen molar-refractivity contribution in [3.8, 4) is 5.88 Å². The second-order valence-electron chi connectivity index (χ2n) is 6.42. The summed E-state index contributed by atoms with van der Waals surface area (Å²) in [6.07, 6.45) is 2.61. The molecule has 1 fully saturated rings. The van der Waals surface area contributed by atoms with Gasteiger partial charge in [0.2, 0.25) is 5.88 Å². The maximum Gasteiger partial charge on any atom is 0.237 e. The number of hydrogen-bond acceptors (Lipinski definition) is 7. The Labute approximate surface area is 131 Å². The molecule has 2 unspecified atom stereocenters. The van der Waals surface area contributed by atoms with Crippen LogP contribution in [-0.2, 0) is 4.74 Å². The van der Waals surface area contributed by atoms with E-state index in [9.17, 15) is 5.11 Å². The molecule has 2 rings (SSSR count). The van der Waals surface area contributed by atoms with E-state index in [1.807, 2.05) is 0 Å². The fourth-order valence-corrected chi connectivity index (χ4v) is 2.09. The number of hydrogen-bond donors (Lipinski definition) is 3. The van der Waals surface area contributed by atoms with Gasteiger partial charge in [-0.25, -0.2) is 4.98 Å². The molecule has 3 N–H and O–H groups in total. The Kier molecular flexibility index (Phi) is 6.07. The van der Waals surface area contributed by atoms with Gasteiger partial charge < -0.3 is 25.2 Å². The van der Waals surface area contributed by atoms with E-state index in [0.717, 1.165) is 12.2 Å². The van der Waals surface area contributed by atoms with E-state index in [1.54, 1.807) is 12.4 Å². The summed E-state index contributed by atoms with van der Waals surface area (Å²) in [7, 11) is 0. The first-order chi connectivity index (χ1) is 10.5. The number of aromatic nitrogens is 2. The maximum atomic E-state index is 10.00. The fourth-order valence-electron chi connectivity index (χ4n) is 2.09. The van der Waals surface area contributed by atoms with Crippen LogP contribution in [0.25, 0.3) is 0 Å². The minimum Gasteiger partial charge on any atom is -0.474 e. The molecule has 0 saturated carbocycles. The molecule has 1 aromatic rings. The van der Waals surface area contributed by atoms with E-state index in [1.165, 1.54) is 0 Å². The molecule has 0 radical (unpaired) electrons. The van der Waals surface area contributed by atoms with Crippen molar-refractivity contribution >= 4 is 0 Å². The highest BCUT2D eigenvalue weighted by Crippen LogP contribution is 2.21. The molecule has 0 spiro atoms. The van der Waals surface area contributed by atoms with Crippen molar-refractivity contribution in [1.29, 1.82) is 0 Å². The normalized spacial score (nSPS) is 20.6. The van der Waals surface area contributed by atoms with E-state index in [0.29, 0.717) is 25.6 Å². The lowest BCUT2D eigenvalue weighted by atomic mass is 10.1. The summed E-state index contributed by atoms with van der Waals surface area (Å²) in [4.78, 5) is 8.56. The Hall–Kier alpha value is -1.28. The van der Waals surface area contributed by atoms with Crippen molar-refractivity contribution in [2.24, 2.45) is 0 Å². The summed E-state index contributed by atoms with van der Waals surface area (Å²) in [6, 6.07) is -0.0257. The van der Waals surface area contributed by atoms with Gasteiger partial charge in [0, 0.05) is 31.0 Å². The van der Waals surface area contributed by atoms with E-state index >= 15 is 0 Å². The van der Waals surface area contributed by atoms with Crippen molar-refractivity contribution in [3.63, 3.8) is 0 Å². The van der Waals surface area contributed by atoms with Gasteiger partial charge in [0.25, 0.3) is 0 Å². The zero-order chi connectivity index (χ0) is 16.0. The van der Waals surface area contributed by atoms with Crippen LogP contribution >= 0.6 is 0 Å². The minimum absolute atomic E-state index is 0.0257. The first-order valence-corrected chi connectivity index (χ1v) is 7.63. The SMILES string of the molecule is CC(C)(C)NCC(O)COc1nccnc1C1COCCN1. The van der Waals surface area contributed by atoms with Gasteiger partial charge in [-0.15, -0.1) is 0 Å². The summed E-state index contributed by atoms with van der Waals surface area (Å²) in [6.45, 7) is 8.81. The van der Waals surface area contributed by atoms with Crippen molar-refractivity contribution in [2.45, 2.75) is 38.5 Å². The van der Waals surface area contributed by atoms with Crippen LogP contribution < -0.4 is 15.4 Å². The summed E-state index contributed by atoms with van der Waals surface area (Å²) in [5, 5.41) is 16.6. The zero-order valence-electron chi connectivity index (χ0n) is 13.5. The predicted octanol–water partition coefficient (Wildman–Crippen LogP) is 0.265. The second-order valence-corrected chi connectivity index (χ2v) is 6.42. The molecular formula is C15H26N4O3. The Morgan fingerprint density at radius 3 is 2.91 bits per heavy atom. The molecule has 0 bridgehead atoms. The summed E-state index contributed by atoms with van der Waals surface area (Å²) >= 11 is 0. The van der Waals surface area contributed by atoms with E-state index < -0.39 is 6.10 Å². The maximum absolute atomic E-state index is 10.00. The molecule has 2 heterocycles. The number of nitrogens with zero attached hydrogens (tertiary/aromatic N) is 2. The van der Waals surface area contributed by atoms with E-state index in [4.69, 9.17) is 9.47 Å². The van der Waals surface area contributed by atoms with Gasteiger partial charge in [-0.2, -0.15) is 0 Å². The number of morpholine rings is 1. The molecule has 22 heavy (non-hydrogen) atoms. The third-order valence-corrected chi connectivity index (χ3v) is 3.22. The van der Waals surface area contributed by atoms with E-state index in [2.05, 4.69) is 41.4 Å². The van der Waals surface area contributed by atoms with Crippen molar-refractivity contribution < 1.29 is 14.6 Å². The number of rotatable bonds is 6. The van der Waals surface area contributed by atoms with Crippen LogP contribution in [0.3, 0.4) is 0 Å². The average molecular weight is 310 g/mol. The van der Waals surface area contributed by atoms with Crippen molar-refractivity contribution in [2.75, 3.05) is 32.9 Å². The lowest BCUT2D eigenvalue weighted by Gasteiger charge is -2.25. The summed E-state index contributed by atoms with van der Waals surface area (Å²) in [5.41, 5.74) is 0.681. The van der Waals surface area contributed by atoms with Gasteiger partial charge in [-0.3, -0.25) is 4.98 Å². The van der Waals surface area contributed by atoms with Gasteiger partial charge in [0.15, 0.2) is 0 Å². The lowest BCUT2D eigenvalue weighted by Crippen LogP contribution is -2.42. The Bertz CT molecular complexity index is 458. The van der Waals surface area contributed by atoms with Gasteiger partial charge in [-0.1, -0.05) is 0 Å². The first-order valence-electron chi connectivity index (χ1n) is 7.63. The lowest BCUT2D eigenvalue weighted by molar-refractivity contribution is 0.0710. The quantitative estimate of drug-likeness (QED) is 0.695. The van der Waals surface area contributed by atoms with Crippen LogP contribution in [0, 0.1) is 0 Å². The van der Waals surface area contributed by atoms with Crippen LogP contribution in [0.1, 0.15) is 32.5 Å². The van der Waals surface area contributed by atoms with E-state index in [-0.39, 0.29) is 18.2 Å². The molecule has 124 valence electrons. The molecule has 7 heteroatoms. The first kappa shape index (κ1) is 17.1. The highest BCUT2D eigenvalue weighted by molar-refractivity contribution is 5.21. The highest BCUT2D eigenvalue weighted by atomic mass is 16.5. The molecule has 1 aromatic heterocycles. The molecule has 1 saturated heterocycles. The molecule has 0 amide bonds. The summed E-state index contributed by atoms with van der Waals surface area (Å²) < 4.78 is 11.1. The van der Waals surface area contributed by atoms with Crippen LogP contribution in [0.2, 0.25) is 0 Å². The van der Waals surface area contributed by atoms with Gasteiger partial charge in [-0.05, 0) is 20.8 Å². The standard InChI is InChI=1S/C15H26N4O3/c1-15(2,3)19-8-11(20)9-22-14-13(17-4-5-18-14)12-10-21-7-6-16-12/h4-5,11-12,16,19-20H,6-10H2,1-3H3. The highest BCUT2D eigenvalue weighted by Gasteiger charge is 2.22. The molecular weight excluding hydrogens is 284 g/mol. The van der Waals surface area contributed by atoms with Gasteiger partial charge >= 0.3 is 0 Å². The zero-order valence-corrected chi connectivity index (χ0v) is 13.5. The fraction of sp³-hybridized carbons (Fsp3) is 0.733. The second kappa shape index (κ2) is 7.82. The molecule has 1 aliphatic rings. The van der Waals surface area contributed by atoms with Crippen molar-refractivity contribution in [1.82, 2.24) is 20.6 Å². The third kappa shape index (κ3) is 5.49. The minimum atomic E-state index is -0.607.